The second kappa shape index (κ2) is 7.87. The number of carbonyl (C=O) groups is 2. The van der Waals surface area contributed by atoms with Gasteiger partial charge in [0.05, 0.1) is 16.5 Å². The van der Waals surface area contributed by atoms with Crippen molar-refractivity contribution >= 4 is 34.4 Å². The number of rotatable bonds is 5. The molecule has 0 radical (unpaired) electrons. The summed E-state index contributed by atoms with van der Waals surface area (Å²) in [5.41, 5.74) is 1.45. The van der Waals surface area contributed by atoms with Gasteiger partial charge in [0.25, 0.3) is 5.91 Å². The number of benzene rings is 2. The molecule has 152 valence electrons. The lowest BCUT2D eigenvalue weighted by Crippen LogP contribution is -2.17. The van der Waals surface area contributed by atoms with Gasteiger partial charge in [-0.15, -0.1) is 0 Å². The van der Waals surface area contributed by atoms with Crippen molar-refractivity contribution in [3.05, 3.63) is 64.1 Å². The maximum atomic E-state index is 13.9. The Morgan fingerprint density at radius 2 is 1.86 bits per heavy atom. The number of aliphatic carboxylic acids is 1. The maximum absolute atomic E-state index is 13.9. The first-order valence-electron chi connectivity index (χ1n) is 9.18. The Balaban J connectivity index is 2.28. The van der Waals surface area contributed by atoms with Crippen molar-refractivity contribution in [3.8, 4) is 5.75 Å². The number of carbonyl (C=O) groups excluding carboxylic acids is 1. The van der Waals surface area contributed by atoms with E-state index in [0.29, 0.717) is 28.6 Å². The lowest BCUT2D eigenvalue weighted by molar-refractivity contribution is -0.139. The van der Waals surface area contributed by atoms with E-state index in [1.165, 1.54) is 28.8 Å². The Morgan fingerprint density at radius 3 is 2.45 bits per heavy atom. The Labute approximate surface area is 172 Å². The fourth-order valence-electron chi connectivity index (χ4n) is 3.70. The molecule has 3 rings (SSSR count). The molecule has 0 aliphatic heterocycles. The molecular formula is C22H21ClFNO4. The van der Waals surface area contributed by atoms with Crippen molar-refractivity contribution in [2.24, 2.45) is 5.92 Å². The Kier molecular flexibility index (Phi) is 5.66. The number of carboxylic acids is 1. The monoisotopic (exact) mass is 417 g/mol. The molecular weight excluding hydrogens is 397 g/mol. The average molecular weight is 418 g/mol. The van der Waals surface area contributed by atoms with E-state index in [2.05, 4.69) is 0 Å². The number of fused-ring (bicyclic) bond motifs is 1. The Morgan fingerprint density at radius 1 is 1.17 bits per heavy atom. The molecule has 0 saturated heterocycles. The van der Waals surface area contributed by atoms with Crippen molar-refractivity contribution in [1.82, 2.24) is 4.57 Å². The summed E-state index contributed by atoms with van der Waals surface area (Å²) < 4.78 is 15.3. The SMILES string of the molecule is Cc1c([C@H](CC(C)C)C(=O)O)c2cc(O)ccc2n1C(=O)c1ccc(Cl)c(F)c1. The van der Waals surface area contributed by atoms with Crippen molar-refractivity contribution in [2.45, 2.75) is 33.1 Å². The molecule has 0 fully saturated rings. The molecule has 1 heterocycles. The quantitative estimate of drug-likeness (QED) is 0.586. The highest BCUT2D eigenvalue weighted by Gasteiger charge is 2.30. The summed E-state index contributed by atoms with van der Waals surface area (Å²) in [4.78, 5) is 25.2. The predicted molar refractivity (Wildman–Crippen MR) is 109 cm³/mol. The Bertz CT molecular complexity index is 1120. The summed E-state index contributed by atoms with van der Waals surface area (Å²) in [5.74, 6) is -3.01. The number of halogens is 2. The third-order valence-corrected chi connectivity index (χ3v) is 5.27. The summed E-state index contributed by atoms with van der Waals surface area (Å²) in [6.07, 6.45) is 0.370. The number of hydrogen-bond acceptors (Lipinski definition) is 3. The zero-order chi connectivity index (χ0) is 21.5. The van der Waals surface area contributed by atoms with Crippen LogP contribution >= 0.6 is 11.6 Å². The lowest BCUT2D eigenvalue weighted by Gasteiger charge is -2.16. The smallest absolute Gasteiger partial charge is 0.311 e. The fraction of sp³-hybridized carbons (Fsp3) is 0.273. The molecule has 7 heteroatoms. The first kappa shape index (κ1) is 20.9. The molecule has 0 aliphatic carbocycles. The minimum absolute atomic E-state index is 0.0328. The molecule has 2 N–H and O–H groups in total. The summed E-state index contributed by atoms with van der Waals surface area (Å²) in [5, 5.41) is 20.2. The number of phenolic OH excluding ortho intramolecular Hbond substituents is 1. The minimum Gasteiger partial charge on any atom is -0.508 e. The van der Waals surface area contributed by atoms with Crippen LogP contribution in [0.15, 0.2) is 36.4 Å². The zero-order valence-corrected chi connectivity index (χ0v) is 17.0. The number of carboxylic acid groups (broad SMARTS) is 1. The fourth-order valence-corrected chi connectivity index (χ4v) is 3.82. The number of aromatic hydroxyl groups is 1. The summed E-state index contributed by atoms with van der Waals surface area (Å²) >= 11 is 5.72. The molecule has 1 aromatic heterocycles. The van der Waals surface area contributed by atoms with E-state index >= 15 is 0 Å². The molecule has 3 aromatic rings. The maximum Gasteiger partial charge on any atom is 0.311 e. The van der Waals surface area contributed by atoms with Crippen LogP contribution in [0.25, 0.3) is 10.9 Å². The first-order valence-corrected chi connectivity index (χ1v) is 9.56. The molecule has 0 bridgehead atoms. The van der Waals surface area contributed by atoms with E-state index < -0.39 is 23.6 Å². The van der Waals surface area contributed by atoms with Gasteiger partial charge in [-0.05, 0) is 61.2 Å². The molecule has 5 nitrogen and oxygen atoms in total. The van der Waals surface area contributed by atoms with Crippen LogP contribution in [0.2, 0.25) is 5.02 Å². The van der Waals surface area contributed by atoms with E-state index in [1.807, 2.05) is 13.8 Å². The van der Waals surface area contributed by atoms with Crippen LogP contribution in [-0.2, 0) is 4.79 Å². The van der Waals surface area contributed by atoms with Gasteiger partial charge in [-0.3, -0.25) is 14.2 Å². The van der Waals surface area contributed by atoms with E-state index in [0.717, 1.165) is 6.07 Å². The van der Waals surface area contributed by atoms with Gasteiger partial charge in [-0.1, -0.05) is 25.4 Å². The zero-order valence-electron chi connectivity index (χ0n) is 16.2. The largest absolute Gasteiger partial charge is 0.508 e. The van der Waals surface area contributed by atoms with Gasteiger partial charge in [0, 0.05) is 16.6 Å². The first-order chi connectivity index (χ1) is 13.6. The Hall–Kier alpha value is -2.86. The van der Waals surface area contributed by atoms with E-state index in [9.17, 15) is 24.2 Å². The summed E-state index contributed by atoms with van der Waals surface area (Å²) in [6, 6.07) is 8.22. The highest BCUT2D eigenvalue weighted by atomic mass is 35.5. The molecule has 0 spiro atoms. The van der Waals surface area contributed by atoms with Crippen molar-refractivity contribution in [1.29, 1.82) is 0 Å². The molecule has 29 heavy (non-hydrogen) atoms. The normalized spacial score (nSPS) is 12.5. The number of nitrogens with zero attached hydrogens (tertiary/aromatic N) is 1. The van der Waals surface area contributed by atoms with Gasteiger partial charge in [0.2, 0.25) is 0 Å². The highest BCUT2D eigenvalue weighted by molar-refractivity contribution is 6.30. The summed E-state index contributed by atoms with van der Waals surface area (Å²) in [6.45, 7) is 5.50. The van der Waals surface area contributed by atoms with Crippen LogP contribution in [0.3, 0.4) is 0 Å². The van der Waals surface area contributed by atoms with E-state index in [4.69, 9.17) is 11.6 Å². The van der Waals surface area contributed by atoms with Crippen molar-refractivity contribution in [2.75, 3.05) is 0 Å². The molecule has 2 aromatic carbocycles. The molecule has 0 saturated carbocycles. The van der Waals surface area contributed by atoms with Crippen LogP contribution in [0.4, 0.5) is 4.39 Å². The van der Waals surface area contributed by atoms with Crippen LogP contribution in [-0.4, -0.2) is 26.7 Å². The average Bonchev–Trinajstić information content (AvgIpc) is 2.92. The minimum atomic E-state index is -1.01. The van der Waals surface area contributed by atoms with Crippen molar-refractivity contribution in [3.63, 3.8) is 0 Å². The van der Waals surface area contributed by atoms with Crippen LogP contribution < -0.4 is 0 Å². The number of phenols is 1. The van der Waals surface area contributed by atoms with Gasteiger partial charge in [-0.2, -0.15) is 0 Å². The summed E-state index contributed by atoms with van der Waals surface area (Å²) in [7, 11) is 0. The third kappa shape index (κ3) is 3.85. The van der Waals surface area contributed by atoms with Gasteiger partial charge in [0.1, 0.15) is 11.6 Å². The molecule has 0 amide bonds. The third-order valence-electron chi connectivity index (χ3n) is 4.96. The van der Waals surface area contributed by atoms with E-state index in [1.54, 1.807) is 13.0 Å². The van der Waals surface area contributed by atoms with E-state index in [-0.39, 0.29) is 22.3 Å². The topological polar surface area (TPSA) is 79.5 Å². The van der Waals surface area contributed by atoms with Crippen LogP contribution in [0.1, 0.15) is 47.8 Å². The van der Waals surface area contributed by atoms with Crippen LogP contribution in [0, 0.1) is 18.7 Å². The van der Waals surface area contributed by atoms with Gasteiger partial charge >= 0.3 is 5.97 Å². The highest BCUT2D eigenvalue weighted by Crippen LogP contribution is 2.37. The van der Waals surface area contributed by atoms with Gasteiger partial charge in [0.15, 0.2) is 0 Å². The second-order valence-corrected chi connectivity index (χ2v) is 7.90. The molecule has 1 atom stereocenters. The van der Waals surface area contributed by atoms with Gasteiger partial charge < -0.3 is 10.2 Å². The van der Waals surface area contributed by atoms with Crippen LogP contribution in [0.5, 0.6) is 5.75 Å². The van der Waals surface area contributed by atoms with Gasteiger partial charge in [-0.25, -0.2) is 4.39 Å². The van der Waals surface area contributed by atoms with Crippen molar-refractivity contribution < 1.29 is 24.2 Å². The number of hydrogen-bond donors (Lipinski definition) is 2. The lowest BCUT2D eigenvalue weighted by atomic mass is 9.88. The second-order valence-electron chi connectivity index (χ2n) is 7.49. The standard InChI is InChI=1S/C22H21ClFNO4/c1-11(2)8-16(22(28)29)20-12(3)25(19-7-5-14(26)10-15(19)20)21(27)13-4-6-17(23)18(24)9-13/h4-7,9-11,16,26H,8H2,1-3H3,(H,28,29)/t16-/m0/s1. The number of aromatic nitrogens is 1. The molecule has 0 unspecified atom stereocenters. The molecule has 0 aliphatic rings. The predicted octanol–water partition coefficient (Wildman–Crippen LogP) is 5.35.